The van der Waals surface area contributed by atoms with Gasteiger partial charge in [0, 0.05) is 19.0 Å². The molecule has 0 fully saturated rings. The summed E-state index contributed by atoms with van der Waals surface area (Å²) in [6, 6.07) is 0. The topological polar surface area (TPSA) is 47.6 Å². The molecule has 0 aliphatic carbocycles. The summed E-state index contributed by atoms with van der Waals surface area (Å²) in [5.41, 5.74) is 0. The zero-order valence-corrected chi connectivity index (χ0v) is 21.6. The minimum absolute atomic E-state index is 0.149. The van der Waals surface area contributed by atoms with Crippen LogP contribution in [0.3, 0.4) is 0 Å². The lowest BCUT2D eigenvalue weighted by Gasteiger charge is -2.17. The Kier molecular flexibility index (Phi) is 24.7. The molecule has 0 aromatic rings. The van der Waals surface area contributed by atoms with Crippen molar-refractivity contribution in [1.29, 1.82) is 0 Å². The van der Waals surface area contributed by atoms with Gasteiger partial charge in [-0.2, -0.15) is 0 Å². The van der Waals surface area contributed by atoms with Crippen molar-refractivity contribution in [3.63, 3.8) is 0 Å². The van der Waals surface area contributed by atoms with Crippen LogP contribution in [-0.4, -0.2) is 37.8 Å². The number of nitrogens with one attached hydrogen (secondary N) is 1. The molecule has 4 nitrogen and oxygen atoms in total. The molecule has 30 heavy (non-hydrogen) atoms. The number of carbonyl (C=O) groups is 1. The minimum Gasteiger partial charge on any atom is -0.444 e. The SMILES string of the molecule is CCCCCCCCCCCCCCCCCCOCC(CCCBr)OC(=O)NC. The van der Waals surface area contributed by atoms with Crippen LogP contribution in [0.25, 0.3) is 0 Å². The molecule has 0 radical (unpaired) electrons. The van der Waals surface area contributed by atoms with Gasteiger partial charge in [-0.25, -0.2) is 4.79 Å². The average Bonchev–Trinajstić information content (AvgIpc) is 2.76. The van der Waals surface area contributed by atoms with E-state index in [9.17, 15) is 4.79 Å². The zero-order valence-electron chi connectivity index (χ0n) is 20.0. The molecule has 0 aliphatic rings. The number of ether oxygens (including phenoxy) is 2. The van der Waals surface area contributed by atoms with Crippen molar-refractivity contribution in [3.05, 3.63) is 0 Å². The molecule has 1 N–H and O–H groups in total. The summed E-state index contributed by atoms with van der Waals surface area (Å²) < 4.78 is 11.1. The van der Waals surface area contributed by atoms with Crippen molar-refractivity contribution in [2.24, 2.45) is 0 Å². The second-order valence-electron chi connectivity index (χ2n) is 8.49. The molecule has 0 rings (SSSR count). The van der Waals surface area contributed by atoms with Crippen LogP contribution < -0.4 is 5.32 Å². The van der Waals surface area contributed by atoms with Gasteiger partial charge in [-0.1, -0.05) is 119 Å². The molecule has 0 heterocycles. The van der Waals surface area contributed by atoms with Crippen LogP contribution >= 0.6 is 15.9 Å². The van der Waals surface area contributed by atoms with E-state index in [-0.39, 0.29) is 12.2 Å². The first-order chi connectivity index (χ1) is 14.7. The summed E-state index contributed by atoms with van der Waals surface area (Å²) >= 11 is 3.42. The third-order valence-electron chi connectivity index (χ3n) is 5.58. The van der Waals surface area contributed by atoms with Gasteiger partial charge < -0.3 is 14.8 Å². The lowest BCUT2D eigenvalue weighted by molar-refractivity contribution is 0.0155. The Bertz CT molecular complexity index is 355. The van der Waals surface area contributed by atoms with Gasteiger partial charge in [0.05, 0.1) is 6.61 Å². The summed E-state index contributed by atoms with van der Waals surface area (Å²) in [6.45, 7) is 3.55. The van der Waals surface area contributed by atoms with Crippen LogP contribution in [-0.2, 0) is 9.47 Å². The fourth-order valence-electron chi connectivity index (χ4n) is 3.66. The van der Waals surface area contributed by atoms with E-state index in [1.54, 1.807) is 7.05 Å². The number of halogens is 1. The molecule has 0 spiro atoms. The molecule has 0 aromatic carbocycles. The van der Waals surface area contributed by atoms with Gasteiger partial charge in [0.2, 0.25) is 0 Å². The molecule has 0 saturated heterocycles. The van der Waals surface area contributed by atoms with Gasteiger partial charge in [-0.15, -0.1) is 0 Å². The third-order valence-corrected chi connectivity index (χ3v) is 6.14. The second kappa shape index (κ2) is 25.0. The van der Waals surface area contributed by atoms with E-state index in [0.717, 1.165) is 31.2 Å². The molecular formula is C25H50BrNO3. The molecule has 5 heteroatoms. The Morgan fingerprint density at radius 3 is 1.67 bits per heavy atom. The number of amides is 1. The Morgan fingerprint density at radius 2 is 1.23 bits per heavy atom. The minimum atomic E-state index is -0.374. The number of alkyl carbamates (subject to hydrolysis) is 1. The molecule has 0 aliphatic heterocycles. The van der Waals surface area contributed by atoms with Crippen molar-refractivity contribution in [1.82, 2.24) is 5.32 Å². The highest BCUT2D eigenvalue weighted by Crippen LogP contribution is 2.14. The normalized spacial score (nSPS) is 12.1. The quantitative estimate of drug-likeness (QED) is 0.116. The second-order valence-corrected chi connectivity index (χ2v) is 9.28. The van der Waals surface area contributed by atoms with E-state index in [0.29, 0.717) is 6.61 Å². The predicted molar refractivity (Wildman–Crippen MR) is 133 cm³/mol. The van der Waals surface area contributed by atoms with Crippen LogP contribution in [0.1, 0.15) is 122 Å². The smallest absolute Gasteiger partial charge is 0.407 e. The number of hydrogen-bond donors (Lipinski definition) is 1. The maximum absolute atomic E-state index is 11.4. The van der Waals surface area contributed by atoms with E-state index in [2.05, 4.69) is 28.2 Å². The first-order valence-electron chi connectivity index (χ1n) is 12.8. The van der Waals surface area contributed by atoms with Crippen molar-refractivity contribution < 1.29 is 14.3 Å². The van der Waals surface area contributed by atoms with Crippen LogP contribution in [0, 0.1) is 0 Å². The van der Waals surface area contributed by atoms with Crippen LogP contribution in [0.4, 0.5) is 4.79 Å². The zero-order chi connectivity index (χ0) is 22.1. The van der Waals surface area contributed by atoms with Gasteiger partial charge in [0.1, 0.15) is 6.10 Å². The fourth-order valence-corrected chi connectivity index (χ4v) is 3.98. The highest BCUT2D eigenvalue weighted by Gasteiger charge is 2.13. The average molecular weight is 493 g/mol. The monoisotopic (exact) mass is 491 g/mol. The Balaban J connectivity index is 3.32. The molecule has 0 bridgehead atoms. The summed E-state index contributed by atoms with van der Waals surface area (Å²) in [5.74, 6) is 0. The fraction of sp³-hybridized carbons (Fsp3) is 0.960. The lowest BCUT2D eigenvalue weighted by Crippen LogP contribution is -2.29. The van der Waals surface area contributed by atoms with Gasteiger partial charge in [0.25, 0.3) is 0 Å². The number of rotatable bonds is 23. The summed E-state index contributed by atoms with van der Waals surface area (Å²) in [5, 5.41) is 3.42. The van der Waals surface area contributed by atoms with Crippen molar-refractivity contribution in [3.8, 4) is 0 Å². The molecule has 1 atom stereocenters. The number of carbonyl (C=O) groups excluding carboxylic acids is 1. The van der Waals surface area contributed by atoms with Gasteiger partial charge in [0.15, 0.2) is 0 Å². The maximum atomic E-state index is 11.4. The van der Waals surface area contributed by atoms with E-state index < -0.39 is 0 Å². The Morgan fingerprint density at radius 1 is 0.767 bits per heavy atom. The van der Waals surface area contributed by atoms with Crippen molar-refractivity contribution in [2.45, 2.75) is 129 Å². The van der Waals surface area contributed by atoms with Crippen LogP contribution in [0.5, 0.6) is 0 Å². The van der Waals surface area contributed by atoms with Crippen molar-refractivity contribution >= 4 is 22.0 Å². The summed E-state index contributed by atoms with van der Waals surface area (Å²) in [4.78, 5) is 11.4. The third kappa shape index (κ3) is 22.4. The van der Waals surface area contributed by atoms with Crippen LogP contribution in [0.15, 0.2) is 0 Å². The molecule has 180 valence electrons. The van der Waals surface area contributed by atoms with E-state index in [1.807, 2.05) is 0 Å². The molecule has 1 unspecified atom stereocenters. The standard InChI is InChI=1S/C25H50BrNO3/c1-3-4-5-6-7-8-9-10-11-12-13-14-15-16-17-18-22-29-23-24(20-19-21-26)30-25(28)27-2/h24H,3-23H2,1-2H3,(H,27,28). The van der Waals surface area contributed by atoms with E-state index >= 15 is 0 Å². The summed E-state index contributed by atoms with van der Waals surface area (Å²) in [7, 11) is 1.58. The number of hydrogen-bond acceptors (Lipinski definition) is 3. The highest BCUT2D eigenvalue weighted by atomic mass is 79.9. The van der Waals surface area contributed by atoms with Gasteiger partial charge >= 0.3 is 6.09 Å². The Labute approximate surface area is 195 Å². The lowest BCUT2D eigenvalue weighted by atomic mass is 10.0. The van der Waals surface area contributed by atoms with Crippen molar-refractivity contribution in [2.75, 3.05) is 25.6 Å². The van der Waals surface area contributed by atoms with E-state index in [1.165, 1.54) is 96.3 Å². The molecule has 0 aromatic heterocycles. The number of unbranched alkanes of at least 4 members (excludes halogenated alkanes) is 15. The molecule has 1 amide bonds. The largest absolute Gasteiger partial charge is 0.444 e. The van der Waals surface area contributed by atoms with Gasteiger partial charge in [-0.3, -0.25) is 0 Å². The highest BCUT2D eigenvalue weighted by molar-refractivity contribution is 9.09. The first-order valence-corrected chi connectivity index (χ1v) is 13.9. The van der Waals surface area contributed by atoms with Crippen LogP contribution in [0.2, 0.25) is 0 Å². The van der Waals surface area contributed by atoms with Gasteiger partial charge in [-0.05, 0) is 19.3 Å². The molecular weight excluding hydrogens is 442 g/mol. The number of alkyl halides is 1. The maximum Gasteiger partial charge on any atom is 0.407 e. The molecule has 0 saturated carbocycles. The Hall–Kier alpha value is -0.290. The van der Waals surface area contributed by atoms with E-state index in [4.69, 9.17) is 9.47 Å². The first kappa shape index (κ1) is 29.7. The predicted octanol–water partition coefficient (Wildman–Crippen LogP) is 8.16. The summed E-state index contributed by atoms with van der Waals surface area (Å²) in [6.07, 6.45) is 23.3.